The van der Waals surface area contributed by atoms with Gasteiger partial charge in [-0.3, -0.25) is 9.88 Å². The molecule has 0 spiro atoms. The Morgan fingerprint density at radius 2 is 2.24 bits per heavy atom. The maximum atomic E-state index is 4.67. The molecule has 2 nitrogen and oxygen atoms in total. The first-order chi connectivity index (χ1) is 8.24. The second kappa shape index (κ2) is 5.63. The van der Waals surface area contributed by atoms with Crippen molar-refractivity contribution in [2.75, 3.05) is 6.54 Å². The van der Waals surface area contributed by atoms with Crippen LogP contribution in [0.1, 0.15) is 57.3 Å². The van der Waals surface area contributed by atoms with E-state index in [9.17, 15) is 0 Å². The number of nitrogens with zero attached hydrogens (tertiary/aromatic N) is 2. The maximum Gasteiger partial charge on any atom is 0.0607 e. The molecule has 0 saturated heterocycles. The molecular weight excluding hydrogens is 208 g/mol. The Hall–Kier alpha value is -0.890. The minimum absolute atomic E-state index is 0.527. The van der Waals surface area contributed by atoms with Crippen LogP contribution in [-0.4, -0.2) is 22.5 Å². The van der Waals surface area contributed by atoms with Crippen LogP contribution in [0.2, 0.25) is 0 Å². The molecule has 0 bridgehead atoms. The molecule has 1 atom stereocenters. The zero-order valence-corrected chi connectivity index (χ0v) is 11.3. The molecule has 0 aliphatic heterocycles. The van der Waals surface area contributed by atoms with Gasteiger partial charge in [0.1, 0.15) is 0 Å². The average Bonchev–Trinajstić information content (AvgIpc) is 2.53. The normalized spacial score (nSPS) is 20.4. The van der Waals surface area contributed by atoms with E-state index in [1.807, 2.05) is 6.20 Å². The van der Waals surface area contributed by atoms with Crippen LogP contribution >= 0.6 is 0 Å². The molecule has 17 heavy (non-hydrogen) atoms. The molecule has 0 saturated carbocycles. The van der Waals surface area contributed by atoms with Crippen LogP contribution in [0.25, 0.3) is 0 Å². The Labute approximate surface area is 105 Å². The summed E-state index contributed by atoms with van der Waals surface area (Å²) in [5.74, 6) is 0. The minimum atomic E-state index is 0.527. The van der Waals surface area contributed by atoms with E-state index in [0.29, 0.717) is 12.1 Å². The standard InChI is InChI=1S/C15H24N2/c1-4-17(12(2)3)14-10-6-5-8-13-9-7-11-16-15(13)14/h7,9,11-12,14H,4-6,8,10H2,1-3H3. The molecule has 0 aromatic carbocycles. The van der Waals surface area contributed by atoms with Crippen molar-refractivity contribution in [3.8, 4) is 0 Å². The molecule has 0 N–H and O–H groups in total. The Bertz CT molecular complexity index is 360. The molecule has 0 radical (unpaired) electrons. The highest BCUT2D eigenvalue weighted by molar-refractivity contribution is 5.24. The van der Waals surface area contributed by atoms with Crippen LogP contribution in [-0.2, 0) is 6.42 Å². The van der Waals surface area contributed by atoms with Gasteiger partial charge in [0.25, 0.3) is 0 Å². The van der Waals surface area contributed by atoms with E-state index < -0.39 is 0 Å². The number of fused-ring (bicyclic) bond motifs is 1. The van der Waals surface area contributed by atoms with E-state index in [1.165, 1.54) is 36.9 Å². The zero-order valence-electron chi connectivity index (χ0n) is 11.3. The van der Waals surface area contributed by atoms with Crippen LogP contribution in [0.3, 0.4) is 0 Å². The van der Waals surface area contributed by atoms with E-state index in [4.69, 9.17) is 0 Å². The van der Waals surface area contributed by atoms with Gasteiger partial charge in [-0.25, -0.2) is 0 Å². The van der Waals surface area contributed by atoms with Crippen molar-refractivity contribution in [2.24, 2.45) is 0 Å². The van der Waals surface area contributed by atoms with Crippen molar-refractivity contribution in [3.63, 3.8) is 0 Å². The fourth-order valence-corrected chi connectivity index (χ4v) is 3.02. The average molecular weight is 232 g/mol. The Balaban J connectivity index is 2.33. The number of rotatable bonds is 3. The summed E-state index contributed by atoms with van der Waals surface area (Å²) >= 11 is 0. The third kappa shape index (κ3) is 2.68. The molecule has 94 valence electrons. The topological polar surface area (TPSA) is 16.1 Å². The minimum Gasteiger partial charge on any atom is -0.293 e. The lowest BCUT2D eigenvalue weighted by Gasteiger charge is -2.33. The van der Waals surface area contributed by atoms with E-state index >= 15 is 0 Å². The molecule has 2 heteroatoms. The Kier molecular flexibility index (Phi) is 4.16. The van der Waals surface area contributed by atoms with E-state index in [-0.39, 0.29) is 0 Å². The largest absolute Gasteiger partial charge is 0.293 e. The predicted molar refractivity (Wildman–Crippen MR) is 72.0 cm³/mol. The quantitative estimate of drug-likeness (QED) is 0.741. The number of pyridine rings is 1. The third-order valence-corrected chi connectivity index (χ3v) is 3.84. The van der Waals surface area contributed by atoms with Crippen molar-refractivity contribution >= 4 is 0 Å². The number of aromatic nitrogens is 1. The van der Waals surface area contributed by atoms with Crippen LogP contribution in [0.15, 0.2) is 18.3 Å². The van der Waals surface area contributed by atoms with Crippen molar-refractivity contribution in [1.29, 1.82) is 0 Å². The lowest BCUT2D eigenvalue weighted by molar-refractivity contribution is 0.150. The predicted octanol–water partition coefficient (Wildman–Crippen LogP) is 3.58. The molecule has 1 aromatic heterocycles. The fraction of sp³-hybridized carbons (Fsp3) is 0.667. The van der Waals surface area contributed by atoms with Gasteiger partial charge < -0.3 is 0 Å². The zero-order chi connectivity index (χ0) is 12.3. The summed E-state index contributed by atoms with van der Waals surface area (Å²) in [5, 5.41) is 0. The number of aryl methyl sites for hydroxylation is 1. The summed E-state index contributed by atoms with van der Waals surface area (Å²) in [7, 11) is 0. The number of hydrogen-bond donors (Lipinski definition) is 0. The lowest BCUT2D eigenvalue weighted by Crippen LogP contribution is -2.35. The highest BCUT2D eigenvalue weighted by Gasteiger charge is 2.26. The second-order valence-electron chi connectivity index (χ2n) is 5.23. The van der Waals surface area contributed by atoms with Crippen LogP contribution in [0.5, 0.6) is 0 Å². The van der Waals surface area contributed by atoms with E-state index in [2.05, 4.69) is 42.8 Å². The molecule has 0 fully saturated rings. The summed E-state index contributed by atoms with van der Waals surface area (Å²) in [4.78, 5) is 7.25. The van der Waals surface area contributed by atoms with Crippen LogP contribution in [0.4, 0.5) is 0 Å². The monoisotopic (exact) mass is 232 g/mol. The van der Waals surface area contributed by atoms with Gasteiger partial charge in [-0.05, 0) is 51.3 Å². The van der Waals surface area contributed by atoms with Gasteiger partial charge in [0.05, 0.1) is 11.7 Å². The molecule has 1 aliphatic rings. The summed E-state index contributed by atoms with van der Waals surface area (Å²) in [6.45, 7) is 7.94. The first-order valence-electron chi connectivity index (χ1n) is 6.93. The van der Waals surface area contributed by atoms with Gasteiger partial charge in [-0.15, -0.1) is 0 Å². The van der Waals surface area contributed by atoms with Crippen LogP contribution in [0, 0.1) is 0 Å². The highest BCUT2D eigenvalue weighted by atomic mass is 15.2. The highest BCUT2D eigenvalue weighted by Crippen LogP contribution is 2.32. The van der Waals surface area contributed by atoms with Gasteiger partial charge in [0, 0.05) is 12.2 Å². The van der Waals surface area contributed by atoms with Gasteiger partial charge in [0.15, 0.2) is 0 Å². The SMILES string of the molecule is CCN(C(C)C)C1CCCCc2cccnc21. The fourth-order valence-electron chi connectivity index (χ4n) is 3.02. The van der Waals surface area contributed by atoms with E-state index in [0.717, 1.165) is 6.54 Å². The molecular formula is C15H24N2. The summed E-state index contributed by atoms with van der Waals surface area (Å²) in [5.41, 5.74) is 2.80. The molecule has 0 amide bonds. The van der Waals surface area contributed by atoms with Crippen molar-refractivity contribution in [3.05, 3.63) is 29.6 Å². The summed E-state index contributed by atoms with van der Waals surface area (Å²) in [6.07, 6.45) is 7.05. The van der Waals surface area contributed by atoms with Gasteiger partial charge in [-0.1, -0.05) is 19.4 Å². The smallest absolute Gasteiger partial charge is 0.0607 e. The second-order valence-corrected chi connectivity index (χ2v) is 5.23. The molecule has 1 aliphatic carbocycles. The summed E-state index contributed by atoms with van der Waals surface area (Å²) in [6, 6.07) is 5.46. The van der Waals surface area contributed by atoms with Crippen LogP contribution < -0.4 is 0 Å². The first kappa shape index (κ1) is 12.6. The van der Waals surface area contributed by atoms with Gasteiger partial charge >= 0.3 is 0 Å². The van der Waals surface area contributed by atoms with Crippen molar-refractivity contribution in [2.45, 2.75) is 58.5 Å². The molecule has 1 heterocycles. The lowest BCUT2D eigenvalue weighted by atomic mass is 10.0. The Morgan fingerprint density at radius 1 is 1.41 bits per heavy atom. The maximum absolute atomic E-state index is 4.67. The van der Waals surface area contributed by atoms with Gasteiger partial charge in [-0.2, -0.15) is 0 Å². The third-order valence-electron chi connectivity index (χ3n) is 3.84. The molecule has 1 aromatic rings. The molecule has 1 unspecified atom stereocenters. The number of hydrogen-bond acceptors (Lipinski definition) is 2. The van der Waals surface area contributed by atoms with E-state index in [1.54, 1.807) is 0 Å². The first-order valence-corrected chi connectivity index (χ1v) is 6.93. The molecule has 2 rings (SSSR count). The van der Waals surface area contributed by atoms with Crippen molar-refractivity contribution < 1.29 is 0 Å². The summed E-state index contributed by atoms with van der Waals surface area (Å²) < 4.78 is 0. The van der Waals surface area contributed by atoms with Crippen molar-refractivity contribution in [1.82, 2.24) is 9.88 Å². The van der Waals surface area contributed by atoms with Gasteiger partial charge in [0.2, 0.25) is 0 Å². The Morgan fingerprint density at radius 3 is 2.94 bits per heavy atom.